The molecule has 0 spiro atoms. The Morgan fingerprint density at radius 1 is 1.33 bits per heavy atom. The van der Waals surface area contributed by atoms with Crippen molar-refractivity contribution in [2.24, 2.45) is 0 Å². The number of aliphatic hydroxyl groups is 1. The maximum atomic E-state index is 9.63. The van der Waals surface area contributed by atoms with Gasteiger partial charge in [0.05, 0.1) is 6.10 Å². The third-order valence-electron chi connectivity index (χ3n) is 3.85. The van der Waals surface area contributed by atoms with Crippen molar-refractivity contribution in [3.8, 4) is 0 Å². The molecule has 2 nitrogen and oxygen atoms in total. The number of hydrogen-bond acceptors (Lipinski definition) is 2. The molecule has 2 atom stereocenters. The number of fused-ring (bicyclic) bond motifs is 1. The summed E-state index contributed by atoms with van der Waals surface area (Å²) >= 11 is 0. The van der Waals surface area contributed by atoms with E-state index in [-0.39, 0.29) is 6.10 Å². The summed E-state index contributed by atoms with van der Waals surface area (Å²) in [5.74, 6) is 0. The van der Waals surface area contributed by atoms with E-state index in [4.69, 9.17) is 0 Å². The lowest BCUT2D eigenvalue weighted by molar-refractivity contribution is 0.0919. The van der Waals surface area contributed by atoms with Gasteiger partial charge in [-0.05, 0) is 50.3 Å². The van der Waals surface area contributed by atoms with E-state index in [0.717, 1.165) is 25.9 Å². The summed E-state index contributed by atoms with van der Waals surface area (Å²) in [6.45, 7) is 6.00. The third-order valence-corrected chi connectivity index (χ3v) is 3.85. The van der Waals surface area contributed by atoms with Gasteiger partial charge in [0.25, 0.3) is 0 Å². The summed E-state index contributed by atoms with van der Waals surface area (Å²) in [5, 5.41) is 9.63. The molecule has 1 N–H and O–H groups in total. The van der Waals surface area contributed by atoms with E-state index < -0.39 is 0 Å². The quantitative estimate of drug-likeness (QED) is 0.864. The van der Waals surface area contributed by atoms with Crippen LogP contribution in [-0.2, 0) is 12.8 Å². The molecule has 2 rings (SSSR count). The lowest BCUT2D eigenvalue weighted by atomic mass is 9.87. The molecule has 2 heteroatoms. The molecule has 0 amide bonds. The molecule has 100 valence electrons. The van der Waals surface area contributed by atoms with Crippen LogP contribution in [0.25, 0.3) is 0 Å². The minimum Gasteiger partial charge on any atom is -0.392 e. The highest BCUT2D eigenvalue weighted by Crippen LogP contribution is 2.24. The number of aryl methyl sites for hydroxylation is 1. The van der Waals surface area contributed by atoms with Crippen LogP contribution in [0.1, 0.15) is 37.8 Å². The van der Waals surface area contributed by atoms with Crippen LogP contribution < -0.4 is 0 Å². The fraction of sp³-hybridized carbons (Fsp3) is 0.625. The Labute approximate surface area is 111 Å². The van der Waals surface area contributed by atoms with Crippen molar-refractivity contribution in [1.82, 2.24) is 4.90 Å². The second-order valence-corrected chi connectivity index (χ2v) is 5.51. The highest BCUT2D eigenvalue weighted by molar-refractivity contribution is 5.30. The van der Waals surface area contributed by atoms with Crippen molar-refractivity contribution in [3.63, 3.8) is 0 Å². The average Bonchev–Trinajstić information content (AvgIpc) is 2.37. The molecule has 0 heterocycles. The Bertz CT molecular complexity index is 375. The van der Waals surface area contributed by atoms with Gasteiger partial charge in [-0.25, -0.2) is 0 Å². The normalized spacial score (nSPS) is 20.8. The molecule has 0 saturated heterocycles. The predicted molar refractivity (Wildman–Crippen MR) is 75.8 cm³/mol. The number of rotatable bonds is 5. The topological polar surface area (TPSA) is 23.5 Å². The molecule has 0 aliphatic heterocycles. The summed E-state index contributed by atoms with van der Waals surface area (Å²) in [7, 11) is 0. The number of nitrogens with zero attached hydrogens (tertiary/aromatic N) is 1. The van der Waals surface area contributed by atoms with Crippen molar-refractivity contribution < 1.29 is 5.11 Å². The monoisotopic (exact) mass is 247 g/mol. The SMILES string of the molecule is CCCN(CC(C)O)C1CCc2ccccc2C1. The van der Waals surface area contributed by atoms with Crippen LogP contribution in [0.15, 0.2) is 24.3 Å². The fourth-order valence-electron chi connectivity index (χ4n) is 3.04. The summed E-state index contributed by atoms with van der Waals surface area (Å²) in [6.07, 6.45) is 4.48. The van der Waals surface area contributed by atoms with Crippen molar-refractivity contribution in [2.45, 2.75) is 51.7 Å². The van der Waals surface area contributed by atoms with Crippen LogP contribution in [0.3, 0.4) is 0 Å². The van der Waals surface area contributed by atoms with Crippen LogP contribution >= 0.6 is 0 Å². The van der Waals surface area contributed by atoms with Crippen molar-refractivity contribution in [2.75, 3.05) is 13.1 Å². The Hall–Kier alpha value is -0.860. The molecule has 1 aromatic carbocycles. The first-order chi connectivity index (χ1) is 8.70. The first-order valence-electron chi connectivity index (χ1n) is 7.19. The maximum Gasteiger partial charge on any atom is 0.0639 e. The minimum absolute atomic E-state index is 0.228. The van der Waals surface area contributed by atoms with E-state index in [1.54, 1.807) is 0 Å². The predicted octanol–water partition coefficient (Wildman–Crippen LogP) is 2.64. The number of hydrogen-bond donors (Lipinski definition) is 1. The van der Waals surface area contributed by atoms with Gasteiger partial charge in [-0.1, -0.05) is 31.2 Å². The molecule has 1 aliphatic carbocycles. The third kappa shape index (κ3) is 3.33. The molecule has 0 saturated carbocycles. The van der Waals surface area contributed by atoms with Crippen molar-refractivity contribution in [3.05, 3.63) is 35.4 Å². The summed E-state index contributed by atoms with van der Waals surface area (Å²) in [6, 6.07) is 9.39. The van der Waals surface area contributed by atoms with E-state index in [0.29, 0.717) is 6.04 Å². The molecule has 0 aromatic heterocycles. The van der Waals surface area contributed by atoms with Gasteiger partial charge in [0, 0.05) is 12.6 Å². The van der Waals surface area contributed by atoms with Crippen LogP contribution in [-0.4, -0.2) is 35.2 Å². The van der Waals surface area contributed by atoms with Crippen molar-refractivity contribution >= 4 is 0 Å². The zero-order valence-electron chi connectivity index (χ0n) is 11.6. The zero-order chi connectivity index (χ0) is 13.0. The molecule has 1 aliphatic rings. The highest BCUT2D eigenvalue weighted by Gasteiger charge is 2.24. The Morgan fingerprint density at radius 2 is 2.06 bits per heavy atom. The molecule has 1 aromatic rings. The number of benzene rings is 1. The minimum atomic E-state index is -0.228. The molecule has 0 bridgehead atoms. The van der Waals surface area contributed by atoms with Gasteiger partial charge in [-0.3, -0.25) is 4.90 Å². The first kappa shape index (κ1) is 13.6. The Balaban J connectivity index is 2.05. The van der Waals surface area contributed by atoms with Crippen LogP contribution in [0.5, 0.6) is 0 Å². The Kier molecular flexibility index (Phi) is 4.79. The maximum absolute atomic E-state index is 9.63. The zero-order valence-corrected chi connectivity index (χ0v) is 11.6. The lowest BCUT2D eigenvalue weighted by Gasteiger charge is -2.35. The highest BCUT2D eigenvalue weighted by atomic mass is 16.3. The van der Waals surface area contributed by atoms with Gasteiger partial charge in [-0.2, -0.15) is 0 Å². The standard InChI is InChI=1S/C16H25NO/c1-3-10-17(12-13(2)18)16-9-8-14-6-4-5-7-15(14)11-16/h4-7,13,16,18H,3,8-12H2,1-2H3. The summed E-state index contributed by atoms with van der Waals surface area (Å²) in [5.41, 5.74) is 3.02. The van der Waals surface area contributed by atoms with Crippen LogP contribution in [0.4, 0.5) is 0 Å². The molecule has 2 unspecified atom stereocenters. The first-order valence-corrected chi connectivity index (χ1v) is 7.19. The second kappa shape index (κ2) is 6.35. The largest absolute Gasteiger partial charge is 0.392 e. The van der Waals surface area contributed by atoms with E-state index >= 15 is 0 Å². The van der Waals surface area contributed by atoms with E-state index in [2.05, 4.69) is 36.1 Å². The van der Waals surface area contributed by atoms with E-state index in [1.165, 1.54) is 24.0 Å². The second-order valence-electron chi connectivity index (χ2n) is 5.51. The molecule has 0 fully saturated rings. The van der Waals surface area contributed by atoms with Gasteiger partial charge < -0.3 is 5.11 Å². The van der Waals surface area contributed by atoms with Crippen molar-refractivity contribution in [1.29, 1.82) is 0 Å². The van der Waals surface area contributed by atoms with Gasteiger partial charge >= 0.3 is 0 Å². The Morgan fingerprint density at radius 3 is 2.72 bits per heavy atom. The van der Waals surface area contributed by atoms with E-state index in [9.17, 15) is 5.11 Å². The summed E-state index contributed by atoms with van der Waals surface area (Å²) in [4.78, 5) is 2.47. The molecule has 18 heavy (non-hydrogen) atoms. The van der Waals surface area contributed by atoms with Gasteiger partial charge in [0.15, 0.2) is 0 Å². The lowest BCUT2D eigenvalue weighted by Crippen LogP contribution is -2.43. The van der Waals surface area contributed by atoms with Gasteiger partial charge in [-0.15, -0.1) is 0 Å². The van der Waals surface area contributed by atoms with E-state index in [1.807, 2.05) is 6.92 Å². The molecular formula is C16H25NO. The summed E-state index contributed by atoms with van der Waals surface area (Å²) < 4.78 is 0. The molecular weight excluding hydrogens is 222 g/mol. The van der Waals surface area contributed by atoms with Gasteiger partial charge in [0.1, 0.15) is 0 Å². The van der Waals surface area contributed by atoms with Crippen LogP contribution in [0, 0.1) is 0 Å². The van der Waals surface area contributed by atoms with Gasteiger partial charge in [0.2, 0.25) is 0 Å². The van der Waals surface area contributed by atoms with Crippen LogP contribution in [0.2, 0.25) is 0 Å². The smallest absolute Gasteiger partial charge is 0.0639 e. The fourth-order valence-corrected chi connectivity index (χ4v) is 3.04. The average molecular weight is 247 g/mol. The molecule has 0 radical (unpaired) electrons. The number of aliphatic hydroxyl groups excluding tert-OH is 1.